The number of carbonyl (C=O) groups excluding carboxylic acids is 1. The van der Waals surface area contributed by atoms with E-state index in [0.717, 1.165) is 0 Å². The normalized spacial score (nSPS) is 8.82. The fourth-order valence-corrected chi connectivity index (χ4v) is 0.782. The van der Waals surface area contributed by atoms with E-state index in [1.54, 1.807) is 24.3 Å². The number of para-hydroxylation sites is 1. The van der Waals surface area contributed by atoms with Crippen LogP contribution in [-0.2, 0) is 11.5 Å². The van der Waals surface area contributed by atoms with Crippen molar-refractivity contribution in [3.63, 3.8) is 0 Å². The second-order valence-electron chi connectivity index (χ2n) is 1.97. The molecule has 0 aliphatic rings. The van der Waals surface area contributed by atoms with Gasteiger partial charge in [-0.05, 0) is 6.07 Å². The van der Waals surface area contributed by atoms with Crippen molar-refractivity contribution in [1.82, 2.24) is 0 Å². The van der Waals surface area contributed by atoms with Gasteiger partial charge in [0.1, 0.15) is 6.67 Å². The molecule has 0 saturated heterocycles. The predicted molar refractivity (Wildman–Crippen MR) is 39.0 cm³/mol. The van der Waals surface area contributed by atoms with Crippen molar-refractivity contribution in [2.24, 2.45) is 4.99 Å². The Morgan fingerprint density at radius 1 is 1.45 bits per heavy atom. The SMILES string of the molecule is O=C=Nc1ccccc1CF. The Labute approximate surface area is 63.4 Å². The maximum absolute atomic E-state index is 12.1. The van der Waals surface area contributed by atoms with Gasteiger partial charge in [0, 0.05) is 5.56 Å². The largest absolute Gasteiger partial charge is 0.246 e. The highest BCUT2D eigenvalue weighted by atomic mass is 19.1. The number of halogens is 1. The molecule has 0 aliphatic heterocycles. The molecule has 0 unspecified atom stereocenters. The van der Waals surface area contributed by atoms with Crippen LogP contribution in [0.2, 0.25) is 0 Å². The first kappa shape index (κ1) is 7.63. The molecule has 1 aromatic rings. The molecular weight excluding hydrogens is 145 g/mol. The van der Waals surface area contributed by atoms with Crippen LogP contribution in [0.1, 0.15) is 5.56 Å². The van der Waals surface area contributed by atoms with Crippen LogP contribution >= 0.6 is 0 Å². The van der Waals surface area contributed by atoms with Crippen LogP contribution in [0, 0.1) is 0 Å². The molecule has 0 saturated carbocycles. The highest BCUT2D eigenvalue weighted by Gasteiger charge is 1.97. The molecule has 0 fully saturated rings. The van der Waals surface area contributed by atoms with E-state index in [9.17, 15) is 9.18 Å². The van der Waals surface area contributed by atoms with Crippen LogP contribution in [-0.4, -0.2) is 6.08 Å². The minimum Gasteiger partial charge on any atom is -0.246 e. The van der Waals surface area contributed by atoms with Crippen molar-refractivity contribution >= 4 is 11.8 Å². The third-order valence-corrected chi connectivity index (χ3v) is 1.30. The molecule has 3 heteroatoms. The molecule has 1 aromatic carbocycles. The number of isocyanates is 1. The van der Waals surface area contributed by atoms with Gasteiger partial charge in [-0.25, -0.2) is 9.18 Å². The van der Waals surface area contributed by atoms with Crippen molar-refractivity contribution in [2.45, 2.75) is 6.67 Å². The van der Waals surface area contributed by atoms with Gasteiger partial charge in [0.05, 0.1) is 5.69 Å². The minimum atomic E-state index is -0.610. The molecule has 2 nitrogen and oxygen atoms in total. The number of alkyl halides is 1. The molecule has 0 spiro atoms. The smallest absolute Gasteiger partial charge is 0.240 e. The zero-order chi connectivity index (χ0) is 8.10. The molecule has 0 N–H and O–H groups in total. The monoisotopic (exact) mass is 151 g/mol. The van der Waals surface area contributed by atoms with Crippen molar-refractivity contribution in [2.75, 3.05) is 0 Å². The van der Waals surface area contributed by atoms with Gasteiger partial charge in [-0.3, -0.25) is 0 Å². The van der Waals surface area contributed by atoms with Gasteiger partial charge in [0.15, 0.2) is 0 Å². The van der Waals surface area contributed by atoms with Crippen molar-refractivity contribution in [3.05, 3.63) is 29.8 Å². The van der Waals surface area contributed by atoms with Crippen LogP contribution in [0.15, 0.2) is 29.3 Å². The van der Waals surface area contributed by atoms with Gasteiger partial charge < -0.3 is 0 Å². The fraction of sp³-hybridized carbons (Fsp3) is 0.125. The fourth-order valence-electron chi connectivity index (χ4n) is 0.782. The Balaban J connectivity index is 3.11. The number of nitrogens with zero attached hydrogens (tertiary/aromatic N) is 1. The summed E-state index contributed by atoms with van der Waals surface area (Å²) in [7, 11) is 0. The van der Waals surface area contributed by atoms with Gasteiger partial charge in [-0.15, -0.1) is 0 Å². The third kappa shape index (κ3) is 1.72. The lowest BCUT2D eigenvalue weighted by atomic mass is 10.2. The third-order valence-electron chi connectivity index (χ3n) is 1.30. The second kappa shape index (κ2) is 3.64. The van der Waals surface area contributed by atoms with Crippen LogP contribution < -0.4 is 0 Å². The lowest BCUT2D eigenvalue weighted by molar-refractivity contribution is 0.486. The molecule has 11 heavy (non-hydrogen) atoms. The summed E-state index contributed by atoms with van der Waals surface area (Å²) in [6, 6.07) is 6.53. The lowest BCUT2D eigenvalue weighted by Gasteiger charge is -1.95. The van der Waals surface area contributed by atoms with E-state index in [4.69, 9.17) is 0 Å². The molecule has 0 amide bonds. The number of benzene rings is 1. The van der Waals surface area contributed by atoms with Gasteiger partial charge in [0.25, 0.3) is 0 Å². The molecule has 0 aromatic heterocycles. The summed E-state index contributed by atoms with van der Waals surface area (Å²) in [5.41, 5.74) is 0.765. The summed E-state index contributed by atoms with van der Waals surface area (Å²) >= 11 is 0. The topological polar surface area (TPSA) is 29.4 Å². The summed E-state index contributed by atoms with van der Waals surface area (Å²) < 4.78 is 12.1. The molecule has 0 radical (unpaired) electrons. The van der Waals surface area contributed by atoms with Crippen LogP contribution in [0.3, 0.4) is 0 Å². The number of rotatable bonds is 2. The number of aliphatic imine (C=N–C) groups is 1. The number of hydrogen-bond donors (Lipinski definition) is 0. The Morgan fingerprint density at radius 2 is 2.18 bits per heavy atom. The zero-order valence-corrected chi connectivity index (χ0v) is 5.75. The quantitative estimate of drug-likeness (QED) is 0.470. The number of hydrogen-bond acceptors (Lipinski definition) is 2. The van der Waals surface area contributed by atoms with Gasteiger partial charge in [-0.2, -0.15) is 4.99 Å². The molecule has 1 rings (SSSR count). The first-order valence-corrected chi connectivity index (χ1v) is 3.10. The first-order valence-electron chi connectivity index (χ1n) is 3.10. The molecule has 0 heterocycles. The molecule has 0 aliphatic carbocycles. The van der Waals surface area contributed by atoms with Gasteiger partial charge >= 0.3 is 0 Å². The highest BCUT2D eigenvalue weighted by Crippen LogP contribution is 2.18. The van der Waals surface area contributed by atoms with E-state index in [0.29, 0.717) is 11.3 Å². The predicted octanol–water partition coefficient (Wildman–Crippen LogP) is 2.12. The maximum atomic E-state index is 12.1. The average Bonchev–Trinajstić information content (AvgIpc) is 2.06. The Bertz CT molecular complexity index is 292. The average molecular weight is 151 g/mol. The second-order valence-corrected chi connectivity index (χ2v) is 1.97. The van der Waals surface area contributed by atoms with Gasteiger partial charge in [-0.1, -0.05) is 18.2 Å². The Hall–Kier alpha value is -1.47. The summed E-state index contributed by atoms with van der Waals surface area (Å²) in [5, 5.41) is 0. The van der Waals surface area contributed by atoms with Crippen molar-refractivity contribution in [1.29, 1.82) is 0 Å². The Morgan fingerprint density at radius 3 is 2.82 bits per heavy atom. The van der Waals surface area contributed by atoms with E-state index in [1.807, 2.05) is 0 Å². The molecule has 0 bridgehead atoms. The van der Waals surface area contributed by atoms with Crippen LogP contribution in [0.5, 0.6) is 0 Å². The Kier molecular flexibility index (Phi) is 2.53. The van der Waals surface area contributed by atoms with E-state index in [2.05, 4.69) is 4.99 Å². The van der Waals surface area contributed by atoms with Crippen LogP contribution in [0.4, 0.5) is 10.1 Å². The highest BCUT2D eigenvalue weighted by molar-refractivity contribution is 5.53. The summed E-state index contributed by atoms with van der Waals surface area (Å²) in [4.78, 5) is 13.2. The molecule has 0 atom stereocenters. The zero-order valence-electron chi connectivity index (χ0n) is 5.75. The summed E-state index contributed by atoms with van der Waals surface area (Å²) in [5.74, 6) is 0. The van der Waals surface area contributed by atoms with Crippen LogP contribution in [0.25, 0.3) is 0 Å². The molecular formula is C8H6FNO. The van der Waals surface area contributed by atoms with E-state index < -0.39 is 6.67 Å². The minimum absolute atomic E-state index is 0.352. The molecule has 56 valence electrons. The van der Waals surface area contributed by atoms with Crippen molar-refractivity contribution in [3.8, 4) is 0 Å². The van der Waals surface area contributed by atoms with Crippen molar-refractivity contribution < 1.29 is 9.18 Å². The standard InChI is InChI=1S/C8H6FNO/c9-5-7-3-1-2-4-8(7)10-6-11/h1-4H,5H2. The lowest BCUT2D eigenvalue weighted by Crippen LogP contribution is -1.77. The summed E-state index contributed by atoms with van der Waals surface area (Å²) in [6.45, 7) is -0.610. The van der Waals surface area contributed by atoms with Gasteiger partial charge in [0.2, 0.25) is 6.08 Å². The first-order chi connectivity index (χ1) is 5.38. The van der Waals surface area contributed by atoms with E-state index >= 15 is 0 Å². The maximum Gasteiger partial charge on any atom is 0.240 e. The summed E-state index contributed by atoms with van der Waals surface area (Å²) in [6.07, 6.45) is 1.37. The van der Waals surface area contributed by atoms with E-state index in [-0.39, 0.29) is 0 Å². The van der Waals surface area contributed by atoms with E-state index in [1.165, 1.54) is 6.08 Å².